The van der Waals surface area contributed by atoms with Crippen molar-refractivity contribution in [2.24, 2.45) is 5.41 Å². The molecule has 2 N–H and O–H groups in total. The molecular weight excluding hydrogens is 359 g/mol. The van der Waals surface area contributed by atoms with Gasteiger partial charge in [-0.05, 0) is 43.0 Å². The lowest BCUT2D eigenvalue weighted by Crippen LogP contribution is -2.36. The number of carbonyl (C=O) groups excluding carboxylic acids is 2. The third-order valence-corrected chi connectivity index (χ3v) is 5.10. The monoisotopic (exact) mass is 376 g/mol. The average molecular weight is 377 g/mol. The van der Waals surface area contributed by atoms with Crippen LogP contribution in [0.5, 0.6) is 0 Å². The van der Waals surface area contributed by atoms with E-state index < -0.39 is 5.41 Å². The Bertz CT molecular complexity index is 812. The minimum Gasteiger partial charge on any atom is -0.325 e. The van der Waals surface area contributed by atoms with Crippen LogP contribution in [-0.4, -0.2) is 11.8 Å². The topological polar surface area (TPSA) is 58.2 Å². The molecule has 2 amide bonds. The fourth-order valence-corrected chi connectivity index (χ4v) is 3.22. The number of halogens is 2. The van der Waals surface area contributed by atoms with Crippen LogP contribution in [0.2, 0.25) is 10.0 Å². The molecule has 1 aliphatic carbocycles. The van der Waals surface area contributed by atoms with Gasteiger partial charge in [0.1, 0.15) is 5.41 Å². The summed E-state index contributed by atoms with van der Waals surface area (Å²) in [4.78, 5) is 25.4. The zero-order chi connectivity index (χ0) is 18.0. The van der Waals surface area contributed by atoms with Gasteiger partial charge in [-0.2, -0.15) is 0 Å². The molecule has 0 saturated heterocycles. The minimum atomic E-state index is -1.07. The Morgan fingerprint density at radius 3 is 2.16 bits per heavy atom. The van der Waals surface area contributed by atoms with Gasteiger partial charge in [-0.1, -0.05) is 54.4 Å². The molecule has 0 unspecified atom stereocenters. The van der Waals surface area contributed by atoms with Gasteiger partial charge in [-0.15, -0.1) is 0 Å². The summed E-state index contributed by atoms with van der Waals surface area (Å²) in [5.41, 5.74) is 1.04. The van der Waals surface area contributed by atoms with Crippen LogP contribution in [0.1, 0.15) is 25.3 Å². The third kappa shape index (κ3) is 3.51. The summed E-state index contributed by atoms with van der Waals surface area (Å²) in [5, 5.41) is 6.29. The van der Waals surface area contributed by atoms with Crippen molar-refractivity contribution in [1.82, 2.24) is 0 Å². The van der Waals surface area contributed by atoms with Crippen molar-refractivity contribution < 1.29 is 9.59 Å². The molecule has 4 nitrogen and oxygen atoms in total. The van der Waals surface area contributed by atoms with Gasteiger partial charge in [-0.25, -0.2) is 0 Å². The molecule has 2 aromatic rings. The standard InChI is InChI=1S/C19H18Cl2N2O2/c1-2-12-6-3-4-9-15(12)22-17(24)19(10-11-19)18(25)23-16-13(20)7-5-8-14(16)21/h3-9H,2,10-11H2,1H3,(H,22,24)(H,23,25). The lowest BCUT2D eigenvalue weighted by Gasteiger charge is -2.18. The van der Waals surface area contributed by atoms with Gasteiger partial charge >= 0.3 is 0 Å². The van der Waals surface area contributed by atoms with E-state index in [1.54, 1.807) is 18.2 Å². The zero-order valence-corrected chi connectivity index (χ0v) is 15.2. The number of amides is 2. The normalized spacial score (nSPS) is 14.7. The summed E-state index contributed by atoms with van der Waals surface area (Å²) in [6.07, 6.45) is 1.80. The number of carbonyl (C=O) groups is 2. The van der Waals surface area contributed by atoms with Crippen molar-refractivity contribution in [3.63, 3.8) is 0 Å². The number of hydrogen-bond donors (Lipinski definition) is 2. The summed E-state index contributed by atoms with van der Waals surface area (Å²) < 4.78 is 0. The molecule has 0 aromatic heterocycles. The SMILES string of the molecule is CCc1ccccc1NC(=O)C1(C(=O)Nc2c(Cl)cccc2Cl)CC1. The largest absolute Gasteiger partial charge is 0.325 e. The highest BCUT2D eigenvalue weighted by atomic mass is 35.5. The molecule has 0 spiro atoms. The predicted molar refractivity (Wildman–Crippen MR) is 101 cm³/mol. The first kappa shape index (κ1) is 17.8. The van der Waals surface area contributed by atoms with Crippen molar-refractivity contribution in [2.75, 3.05) is 10.6 Å². The van der Waals surface area contributed by atoms with Gasteiger partial charge in [0.25, 0.3) is 0 Å². The molecule has 0 aliphatic heterocycles. The van der Waals surface area contributed by atoms with Crippen LogP contribution >= 0.6 is 23.2 Å². The van der Waals surface area contributed by atoms with Crippen LogP contribution in [0, 0.1) is 5.41 Å². The van der Waals surface area contributed by atoms with E-state index in [1.165, 1.54) is 0 Å². The van der Waals surface area contributed by atoms with Crippen LogP contribution in [0.3, 0.4) is 0 Å². The van der Waals surface area contributed by atoms with Gasteiger partial charge in [0.2, 0.25) is 11.8 Å². The lowest BCUT2D eigenvalue weighted by molar-refractivity contribution is -0.131. The molecule has 0 radical (unpaired) electrons. The molecule has 1 aliphatic rings. The molecule has 25 heavy (non-hydrogen) atoms. The summed E-state index contributed by atoms with van der Waals surface area (Å²) in [7, 11) is 0. The molecule has 1 saturated carbocycles. The maximum atomic E-state index is 12.7. The van der Waals surface area contributed by atoms with Crippen molar-refractivity contribution in [2.45, 2.75) is 26.2 Å². The summed E-state index contributed by atoms with van der Waals surface area (Å²) in [5.74, 6) is -0.678. The highest BCUT2D eigenvalue weighted by molar-refractivity contribution is 6.40. The first-order valence-electron chi connectivity index (χ1n) is 8.13. The van der Waals surface area contributed by atoms with Crippen LogP contribution < -0.4 is 10.6 Å². The molecule has 2 aromatic carbocycles. The fourth-order valence-electron chi connectivity index (χ4n) is 2.73. The quantitative estimate of drug-likeness (QED) is 0.728. The second kappa shape index (κ2) is 7.06. The van der Waals surface area contributed by atoms with Crippen LogP contribution in [-0.2, 0) is 16.0 Å². The highest BCUT2D eigenvalue weighted by Crippen LogP contribution is 2.48. The van der Waals surface area contributed by atoms with E-state index in [9.17, 15) is 9.59 Å². The van der Waals surface area contributed by atoms with Gasteiger partial charge < -0.3 is 10.6 Å². The van der Waals surface area contributed by atoms with Gasteiger partial charge in [0, 0.05) is 5.69 Å². The highest BCUT2D eigenvalue weighted by Gasteiger charge is 2.56. The Morgan fingerprint density at radius 2 is 1.56 bits per heavy atom. The molecule has 130 valence electrons. The summed E-state index contributed by atoms with van der Waals surface area (Å²) in [6, 6.07) is 12.6. The fraction of sp³-hybridized carbons (Fsp3) is 0.263. The Hall–Kier alpha value is -2.04. The van der Waals surface area contributed by atoms with Crippen LogP contribution in [0.25, 0.3) is 0 Å². The Kier molecular flexibility index (Phi) is 5.02. The van der Waals surface area contributed by atoms with E-state index >= 15 is 0 Å². The predicted octanol–water partition coefficient (Wildman–Crippen LogP) is 4.91. The lowest BCUT2D eigenvalue weighted by atomic mass is 10.0. The van der Waals surface area contributed by atoms with E-state index in [2.05, 4.69) is 10.6 Å². The van der Waals surface area contributed by atoms with Gasteiger partial charge in [0.05, 0.1) is 15.7 Å². The summed E-state index contributed by atoms with van der Waals surface area (Å²) >= 11 is 12.2. The molecule has 1 fully saturated rings. The number of anilines is 2. The number of benzene rings is 2. The van der Waals surface area contributed by atoms with E-state index in [-0.39, 0.29) is 11.8 Å². The van der Waals surface area contributed by atoms with E-state index in [1.807, 2.05) is 31.2 Å². The zero-order valence-electron chi connectivity index (χ0n) is 13.7. The number of aryl methyl sites for hydroxylation is 1. The smallest absolute Gasteiger partial charge is 0.240 e. The number of para-hydroxylation sites is 2. The van der Waals surface area contributed by atoms with Crippen LogP contribution in [0.4, 0.5) is 11.4 Å². The van der Waals surface area contributed by atoms with Crippen molar-refractivity contribution >= 4 is 46.4 Å². The van der Waals surface area contributed by atoms with Crippen molar-refractivity contribution in [1.29, 1.82) is 0 Å². The van der Waals surface area contributed by atoms with Gasteiger partial charge in [-0.3, -0.25) is 9.59 Å². The first-order valence-corrected chi connectivity index (χ1v) is 8.88. The number of rotatable bonds is 5. The van der Waals surface area contributed by atoms with Crippen molar-refractivity contribution in [3.8, 4) is 0 Å². The summed E-state index contributed by atoms with van der Waals surface area (Å²) in [6.45, 7) is 2.02. The maximum Gasteiger partial charge on any atom is 0.240 e. The first-order chi connectivity index (χ1) is 12.0. The molecule has 0 heterocycles. The second-order valence-corrected chi connectivity index (χ2v) is 6.91. The number of hydrogen-bond acceptors (Lipinski definition) is 2. The Labute approximate surface area is 156 Å². The van der Waals surface area contributed by atoms with E-state index in [4.69, 9.17) is 23.2 Å². The van der Waals surface area contributed by atoms with Gasteiger partial charge in [0.15, 0.2) is 0 Å². The second-order valence-electron chi connectivity index (χ2n) is 6.10. The number of nitrogens with one attached hydrogen (secondary N) is 2. The minimum absolute atomic E-state index is 0.297. The van der Waals surface area contributed by atoms with E-state index in [0.29, 0.717) is 28.6 Å². The maximum absolute atomic E-state index is 12.7. The molecule has 0 atom stereocenters. The molecule has 6 heteroatoms. The van der Waals surface area contributed by atoms with Crippen LogP contribution in [0.15, 0.2) is 42.5 Å². The Balaban J connectivity index is 1.77. The molecule has 3 rings (SSSR count). The van der Waals surface area contributed by atoms with Crippen molar-refractivity contribution in [3.05, 3.63) is 58.1 Å². The molecule has 0 bridgehead atoms. The third-order valence-electron chi connectivity index (χ3n) is 4.47. The average Bonchev–Trinajstić information content (AvgIpc) is 3.40. The Morgan fingerprint density at radius 1 is 0.960 bits per heavy atom. The molecular formula is C19H18Cl2N2O2. The van der Waals surface area contributed by atoms with E-state index in [0.717, 1.165) is 17.7 Å².